The number of nitrogens with one attached hydrogen (secondary N) is 2. The summed E-state index contributed by atoms with van der Waals surface area (Å²) in [6, 6.07) is 4.16. The molecule has 0 bridgehead atoms. The third-order valence-corrected chi connectivity index (χ3v) is 2.86. The first-order chi connectivity index (χ1) is 8.41. The van der Waals surface area contributed by atoms with Gasteiger partial charge in [0.05, 0.1) is 16.6 Å². The van der Waals surface area contributed by atoms with Crippen molar-refractivity contribution in [3.8, 4) is 0 Å². The lowest BCUT2D eigenvalue weighted by atomic mass is 10.2. The number of carbonyl (C=O) groups is 2. The van der Waals surface area contributed by atoms with E-state index in [1.54, 1.807) is 0 Å². The van der Waals surface area contributed by atoms with E-state index in [4.69, 9.17) is 0 Å². The van der Waals surface area contributed by atoms with Crippen molar-refractivity contribution in [3.05, 3.63) is 34.1 Å². The number of carbonyl (C=O) groups excluding carboxylic acids is 2. The molecule has 0 saturated heterocycles. The van der Waals surface area contributed by atoms with Crippen LogP contribution in [-0.2, 0) is 4.79 Å². The Hall–Kier alpha value is -1.43. The first kappa shape index (κ1) is 14.6. The number of amides is 2. The zero-order valence-corrected chi connectivity index (χ0v) is 11.7. The van der Waals surface area contributed by atoms with Gasteiger partial charge < -0.3 is 10.6 Å². The van der Waals surface area contributed by atoms with Crippen LogP contribution in [0, 0.1) is 5.82 Å². The fraction of sp³-hybridized carbons (Fsp3) is 0.333. The average Bonchev–Trinajstić information content (AvgIpc) is 2.29. The Morgan fingerprint density at radius 1 is 1.39 bits per heavy atom. The van der Waals surface area contributed by atoms with Crippen molar-refractivity contribution < 1.29 is 14.0 Å². The summed E-state index contributed by atoms with van der Waals surface area (Å²) in [4.78, 5) is 23.0. The van der Waals surface area contributed by atoms with E-state index in [2.05, 4.69) is 26.6 Å². The van der Waals surface area contributed by atoms with E-state index in [0.717, 1.165) is 0 Å². The summed E-state index contributed by atoms with van der Waals surface area (Å²) in [6.07, 6.45) is 0. The van der Waals surface area contributed by atoms with Crippen LogP contribution in [-0.4, -0.2) is 24.4 Å². The number of rotatable bonds is 4. The van der Waals surface area contributed by atoms with E-state index in [9.17, 15) is 14.0 Å². The van der Waals surface area contributed by atoms with Gasteiger partial charge in [0, 0.05) is 6.04 Å². The second-order valence-electron chi connectivity index (χ2n) is 4.01. The van der Waals surface area contributed by atoms with Crippen molar-refractivity contribution in [2.45, 2.75) is 19.9 Å². The fourth-order valence-corrected chi connectivity index (χ4v) is 1.75. The van der Waals surface area contributed by atoms with E-state index in [1.807, 2.05) is 13.8 Å². The van der Waals surface area contributed by atoms with E-state index in [0.29, 0.717) is 0 Å². The van der Waals surface area contributed by atoms with E-state index in [-0.39, 0.29) is 28.5 Å². The molecule has 1 aromatic carbocycles. The maximum Gasteiger partial charge on any atom is 0.252 e. The zero-order chi connectivity index (χ0) is 13.7. The summed E-state index contributed by atoms with van der Waals surface area (Å²) in [5.41, 5.74) is 0.160. The van der Waals surface area contributed by atoms with Crippen molar-refractivity contribution in [1.82, 2.24) is 10.6 Å². The molecule has 1 rings (SSSR count). The van der Waals surface area contributed by atoms with Crippen LogP contribution in [0.4, 0.5) is 4.39 Å². The molecular weight excluding hydrogens is 303 g/mol. The third kappa shape index (κ3) is 4.10. The molecular formula is C12H14BrFN2O2. The summed E-state index contributed by atoms with van der Waals surface area (Å²) in [7, 11) is 0. The van der Waals surface area contributed by atoms with Crippen LogP contribution in [0.2, 0.25) is 0 Å². The van der Waals surface area contributed by atoms with Crippen LogP contribution in [0.15, 0.2) is 22.7 Å². The molecule has 2 N–H and O–H groups in total. The largest absolute Gasteiger partial charge is 0.352 e. The molecule has 18 heavy (non-hydrogen) atoms. The first-order valence-corrected chi connectivity index (χ1v) is 6.22. The van der Waals surface area contributed by atoms with Gasteiger partial charge in [-0.05, 0) is 41.9 Å². The van der Waals surface area contributed by atoms with Crippen LogP contribution < -0.4 is 10.6 Å². The van der Waals surface area contributed by atoms with Crippen molar-refractivity contribution in [2.75, 3.05) is 6.54 Å². The minimum atomic E-state index is -0.519. The van der Waals surface area contributed by atoms with Gasteiger partial charge >= 0.3 is 0 Å². The number of hydrogen-bond acceptors (Lipinski definition) is 2. The Labute approximate surface area is 113 Å². The molecule has 0 saturated carbocycles. The Balaban J connectivity index is 2.61. The van der Waals surface area contributed by atoms with Gasteiger partial charge in [-0.3, -0.25) is 9.59 Å². The van der Waals surface area contributed by atoms with E-state index in [1.165, 1.54) is 18.2 Å². The molecule has 0 aromatic heterocycles. The summed E-state index contributed by atoms with van der Waals surface area (Å²) in [5.74, 6) is -1.31. The van der Waals surface area contributed by atoms with Crippen LogP contribution in [0.3, 0.4) is 0 Å². The molecule has 0 radical (unpaired) electrons. The molecule has 0 unspecified atom stereocenters. The summed E-state index contributed by atoms with van der Waals surface area (Å²) in [5, 5.41) is 5.06. The van der Waals surface area contributed by atoms with Crippen LogP contribution >= 0.6 is 15.9 Å². The van der Waals surface area contributed by atoms with Crippen molar-refractivity contribution in [1.29, 1.82) is 0 Å². The maximum atomic E-state index is 13.2. The summed E-state index contributed by atoms with van der Waals surface area (Å²) >= 11 is 2.99. The normalized spacial score (nSPS) is 10.3. The minimum absolute atomic E-state index is 0.00954. The average molecular weight is 317 g/mol. The molecule has 0 aliphatic heterocycles. The molecule has 0 fully saturated rings. The topological polar surface area (TPSA) is 58.2 Å². The fourth-order valence-electron chi connectivity index (χ4n) is 1.31. The molecule has 0 spiro atoms. The van der Waals surface area contributed by atoms with Gasteiger partial charge in [-0.1, -0.05) is 6.07 Å². The summed E-state index contributed by atoms with van der Waals surface area (Å²) < 4.78 is 13.3. The molecule has 0 atom stereocenters. The third-order valence-electron chi connectivity index (χ3n) is 2.06. The Morgan fingerprint density at radius 3 is 2.67 bits per heavy atom. The molecule has 2 amide bonds. The zero-order valence-electron chi connectivity index (χ0n) is 10.1. The smallest absolute Gasteiger partial charge is 0.252 e. The van der Waals surface area contributed by atoms with Gasteiger partial charge in [0.25, 0.3) is 5.91 Å². The lowest BCUT2D eigenvalue weighted by Crippen LogP contribution is -2.39. The van der Waals surface area contributed by atoms with Gasteiger partial charge in [0.1, 0.15) is 5.82 Å². The van der Waals surface area contributed by atoms with Gasteiger partial charge in [-0.25, -0.2) is 4.39 Å². The van der Waals surface area contributed by atoms with Crippen molar-refractivity contribution in [2.24, 2.45) is 0 Å². The van der Waals surface area contributed by atoms with Gasteiger partial charge in [0.15, 0.2) is 0 Å². The monoisotopic (exact) mass is 316 g/mol. The molecule has 0 heterocycles. The lowest BCUT2D eigenvalue weighted by molar-refractivity contribution is -0.120. The molecule has 98 valence electrons. The van der Waals surface area contributed by atoms with Gasteiger partial charge in [-0.2, -0.15) is 0 Å². The Bertz CT molecular complexity index is 463. The lowest BCUT2D eigenvalue weighted by Gasteiger charge is -2.10. The number of benzene rings is 1. The highest BCUT2D eigenvalue weighted by atomic mass is 79.9. The van der Waals surface area contributed by atoms with E-state index >= 15 is 0 Å². The van der Waals surface area contributed by atoms with Crippen LogP contribution in [0.5, 0.6) is 0 Å². The SMILES string of the molecule is CC(C)NC(=O)CNC(=O)c1cccc(F)c1Br. The molecule has 4 nitrogen and oxygen atoms in total. The molecule has 0 aliphatic carbocycles. The minimum Gasteiger partial charge on any atom is -0.352 e. The second kappa shape index (κ2) is 6.49. The van der Waals surface area contributed by atoms with E-state index < -0.39 is 11.7 Å². The quantitative estimate of drug-likeness (QED) is 0.890. The highest BCUT2D eigenvalue weighted by molar-refractivity contribution is 9.10. The van der Waals surface area contributed by atoms with Gasteiger partial charge in [-0.15, -0.1) is 0 Å². The van der Waals surface area contributed by atoms with Crippen LogP contribution in [0.25, 0.3) is 0 Å². The van der Waals surface area contributed by atoms with Crippen molar-refractivity contribution >= 4 is 27.7 Å². The second-order valence-corrected chi connectivity index (χ2v) is 4.80. The maximum absolute atomic E-state index is 13.2. The number of halogens is 2. The molecule has 0 aliphatic rings. The predicted octanol–water partition coefficient (Wildman–Crippen LogP) is 1.84. The van der Waals surface area contributed by atoms with Crippen LogP contribution in [0.1, 0.15) is 24.2 Å². The van der Waals surface area contributed by atoms with Crippen molar-refractivity contribution in [3.63, 3.8) is 0 Å². The Morgan fingerprint density at radius 2 is 2.06 bits per heavy atom. The predicted molar refractivity (Wildman–Crippen MR) is 69.7 cm³/mol. The highest BCUT2D eigenvalue weighted by Gasteiger charge is 2.13. The number of hydrogen-bond donors (Lipinski definition) is 2. The highest BCUT2D eigenvalue weighted by Crippen LogP contribution is 2.19. The Kier molecular flexibility index (Phi) is 5.27. The standard InChI is InChI=1S/C12H14BrFN2O2/c1-7(2)16-10(17)6-15-12(18)8-4-3-5-9(14)11(8)13/h3-5,7H,6H2,1-2H3,(H,15,18)(H,16,17). The van der Waals surface area contributed by atoms with Gasteiger partial charge in [0.2, 0.25) is 5.91 Å². The summed E-state index contributed by atoms with van der Waals surface area (Å²) in [6.45, 7) is 3.51. The molecule has 6 heteroatoms. The molecule has 1 aromatic rings. The first-order valence-electron chi connectivity index (χ1n) is 5.43.